The van der Waals surface area contributed by atoms with Gasteiger partial charge in [0.15, 0.2) is 0 Å². The summed E-state index contributed by atoms with van der Waals surface area (Å²) in [5, 5.41) is 0.594. The maximum absolute atomic E-state index is 13.0. The molecule has 0 heterocycles. The summed E-state index contributed by atoms with van der Waals surface area (Å²) in [6.07, 6.45) is -9.00. The molecule has 8 heteroatoms. The Labute approximate surface area is 196 Å². The molecule has 0 aromatic heterocycles. The summed E-state index contributed by atoms with van der Waals surface area (Å²) in [5.74, 6) is 0. The molecule has 0 saturated heterocycles. The second kappa shape index (κ2) is 9.06. The fraction of sp³-hybridized carbons (Fsp3) is 0.0769. The fourth-order valence-corrected chi connectivity index (χ4v) is 3.62. The van der Waals surface area contributed by atoms with Crippen molar-refractivity contribution in [1.82, 2.24) is 0 Å². The fourth-order valence-electron chi connectivity index (χ4n) is 3.49. The first-order chi connectivity index (χ1) is 16.0. The van der Waals surface area contributed by atoms with E-state index in [1.54, 1.807) is 29.2 Å². The van der Waals surface area contributed by atoms with Crippen LogP contribution in [0.15, 0.2) is 97.1 Å². The molecule has 0 N–H and O–H groups in total. The Kier molecular flexibility index (Phi) is 6.32. The Morgan fingerprint density at radius 2 is 0.735 bits per heavy atom. The molecule has 0 aliphatic rings. The summed E-state index contributed by atoms with van der Waals surface area (Å²) >= 11 is 5.93. The minimum absolute atomic E-state index is 0.368. The monoisotopic (exact) mass is 491 g/mol. The van der Waals surface area contributed by atoms with E-state index in [0.717, 1.165) is 35.4 Å². The molecule has 0 aliphatic heterocycles. The highest BCUT2D eigenvalue weighted by Gasteiger charge is 2.31. The Morgan fingerprint density at radius 1 is 0.441 bits per heavy atom. The van der Waals surface area contributed by atoms with E-state index in [-0.39, 0.29) is 0 Å². The number of halogens is 7. The standard InChI is InChI=1S/C26H16ClF6N/c27-21-9-1-17(2-10-21)18-3-11-22(12-4-18)34(23-13-5-19(6-14-23)25(28,29)30)24-15-7-20(8-16-24)26(31,32)33/h1-16H. The van der Waals surface area contributed by atoms with Gasteiger partial charge in [0.1, 0.15) is 0 Å². The van der Waals surface area contributed by atoms with Gasteiger partial charge in [0.2, 0.25) is 0 Å². The van der Waals surface area contributed by atoms with Gasteiger partial charge in [-0.05, 0) is 83.9 Å². The lowest BCUT2D eigenvalue weighted by Gasteiger charge is -2.26. The largest absolute Gasteiger partial charge is 0.416 e. The topological polar surface area (TPSA) is 3.24 Å². The molecule has 1 nitrogen and oxygen atoms in total. The first-order valence-corrected chi connectivity index (χ1v) is 10.4. The maximum atomic E-state index is 13.0. The summed E-state index contributed by atoms with van der Waals surface area (Å²) in [4.78, 5) is 1.59. The van der Waals surface area contributed by atoms with Crippen LogP contribution in [0.1, 0.15) is 11.1 Å². The second-order valence-electron chi connectivity index (χ2n) is 7.48. The van der Waals surface area contributed by atoms with Crippen LogP contribution < -0.4 is 4.90 Å². The van der Waals surface area contributed by atoms with Gasteiger partial charge in [0.05, 0.1) is 11.1 Å². The third-order valence-electron chi connectivity index (χ3n) is 5.21. The van der Waals surface area contributed by atoms with Crippen LogP contribution in [0.5, 0.6) is 0 Å². The molecule has 0 aliphatic carbocycles. The predicted molar refractivity (Wildman–Crippen MR) is 122 cm³/mol. The Bertz CT molecular complexity index is 1190. The van der Waals surface area contributed by atoms with Crippen molar-refractivity contribution in [2.24, 2.45) is 0 Å². The minimum atomic E-state index is -4.50. The van der Waals surface area contributed by atoms with Crippen LogP contribution in [-0.4, -0.2) is 0 Å². The van der Waals surface area contributed by atoms with E-state index >= 15 is 0 Å². The lowest BCUT2D eigenvalue weighted by atomic mass is 10.0. The number of alkyl halides is 6. The van der Waals surface area contributed by atoms with Gasteiger partial charge in [-0.25, -0.2) is 0 Å². The van der Waals surface area contributed by atoms with E-state index in [9.17, 15) is 26.3 Å². The average molecular weight is 492 g/mol. The molecule has 0 atom stereocenters. The Morgan fingerprint density at radius 3 is 1.06 bits per heavy atom. The van der Waals surface area contributed by atoms with Crippen LogP contribution in [0, 0.1) is 0 Å². The van der Waals surface area contributed by atoms with E-state index in [0.29, 0.717) is 22.1 Å². The van der Waals surface area contributed by atoms with Crippen molar-refractivity contribution >= 4 is 28.7 Å². The number of anilines is 3. The third-order valence-corrected chi connectivity index (χ3v) is 5.46. The van der Waals surface area contributed by atoms with E-state index < -0.39 is 23.5 Å². The highest BCUT2D eigenvalue weighted by atomic mass is 35.5. The first kappa shape index (κ1) is 23.7. The van der Waals surface area contributed by atoms with Gasteiger partial charge in [0.25, 0.3) is 0 Å². The Balaban J connectivity index is 1.75. The molecule has 0 fully saturated rings. The summed E-state index contributed by atoms with van der Waals surface area (Å²) < 4.78 is 78.1. The van der Waals surface area contributed by atoms with Crippen molar-refractivity contribution < 1.29 is 26.3 Å². The number of rotatable bonds is 4. The molecule has 34 heavy (non-hydrogen) atoms. The van der Waals surface area contributed by atoms with Gasteiger partial charge < -0.3 is 4.90 Å². The highest BCUT2D eigenvalue weighted by molar-refractivity contribution is 6.30. The van der Waals surface area contributed by atoms with Gasteiger partial charge in [-0.15, -0.1) is 0 Å². The molecular weight excluding hydrogens is 476 g/mol. The smallest absolute Gasteiger partial charge is 0.311 e. The van der Waals surface area contributed by atoms with Gasteiger partial charge in [-0.1, -0.05) is 35.9 Å². The van der Waals surface area contributed by atoms with Crippen LogP contribution in [0.3, 0.4) is 0 Å². The van der Waals surface area contributed by atoms with Crippen molar-refractivity contribution in [3.8, 4) is 11.1 Å². The lowest BCUT2D eigenvalue weighted by molar-refractivity contribution is -0.138. The van der Waals surface area contributed by atoms with Crippen molar-refractivity contribution in [1.29, 1.82) is 0 Å². The molecule has 4 aromatic carbocycles. The molecule has 0 amide bonds. The molecule has 174 valence electrons. The van der Waals surface area contributed by atoms with E-state index in [2.05, 4.69) is 0 Å². The minimum Gasteiger partial charge on any atom is -0.311 e. The second-order valence-corrected chi connectivity index (χ2v) is 7.91. The SMILES string of the molecule is FC(F)(F)c1ccc(N(c2ccc(-c3ccc(Cl)cc3)cc2)c2ccc(C(F)(F)F)cc2)cc1. The maximum Gasteiger partial charge on any atom is 0.416 e. The summed E-state index contributed by atoms with van der Waals surface area (Å²) in [5.41, 5.74) is 1.45. The number of benzene rings is 4. The van der Waals surface area contributed by atoms with Gasteiger partial charge in [-0.2, -0.15) is 26.3 Å². The predicted octanol–water partition coefficient (Wildman–Crippen LogP) is 9.51. The third kappa shape index (κ3) is 5.20. The summed E-state index contributed by atoms with van der Waals surface area (Å²) in [6, 6.07) is 23.2. The van der Waals surface area contributed by atoms with E-state index in [4.69, 9.17) is 11.6 Å². The average Bonchev–Trinajstić information content (AvgIpc) is 2.80. The molecular formula is C26H16ClF6N. The van der Waals surface area contributed by atoms with Crippen molar-refractivity contribution in [2.75, 3.05) is 4.90 Å². The highest BCUT2D eigenvalue weighted by Crippen LogP contribution is 2.39. The quantitative estimate of drug-likeness (QED) is 0.257. The normalized spacial score (nSPS) is 12.0. The first-order valence-electron chi connectivity index (χ1n) is 10.0. The zero-order valence-corrected chi connectivity index (χ0v) is 18.1. The number of hydrogen-bond acceptors (Lipinski definition) is 1. The molecule has 0 unspecified atom stereocenters. The van der Waals surface area contributed by atoms with Crippen molar-refractivity contribution in [2.45, 2.75) is 12.4 Å². The van der Waals surface area contributed by atoms with E-state index in [1.165, 1.54) is 24.3 Å². The van der Waals surface area contributed by atoms with Crippen molar-refractivity contribution in [3.05, 3.63) is 113 Å². The molecule has 4 rings (SSSR count). The molecule has 0 bridgehead atoms. The number of nitrogens with zero attached hydrogens (tertiary/aromatic N) is 1. The summed E-state index contributed by atoms with van der Waals surface area (Å²) in [6.45, 7) is 0. The molecule has 0 spiro atoms. The number of hydrogen-bond donors (Lipinski definition) is 0. The van der Waals surface area contributed by atoms with Crippen LogP contribution in [0.2, 0.25) is 5.02 Å². The molecule has 0 saturated carbocycles. The van der Waals surface area contributed by atoms with Crippen molar-refractivity contribution in [3.63, 3.8) is 0 Å². The van der Waals surface area contributed by atoms with Gasteiger partial charge in [0, 0.05) is 22.1 Å². The molecule has 0 radical (unpaired) electrons. The zero-order valence-electron chi connectivity index (χ0n) is 17.3. The van der Waals surface area contributed by atoms with Gasteiger partial charge in [-0.3, -0.25) is 0 Å². The van der Waals surface area contributed by atoms with Crippen LogP contribution >= 0.6 is 11.6 Å². The van der Waals surface area contributed by atoms with Gasteiger partial charge >= 0.3 is 12.4 Å². The van der Waals surface area contributed by atoms with Crippen LogP contribution in [0.4, 0.5) is 43.4 Å². The van der Waals surface area contributed by atoms with Crippen LogP contribution in [-0.2, 0) is 12.4 Å². The lowest BCUT2D eigenvalue weighted by Crippen LogP contribution is -2.12. The molecule has 4 aromatic rings. The van der Waals surface area contributed by atoms with Crippen LogP contribution in [0.25, 0.3) is 11.1 Å². The zero-order chi connectivity index (χ0) is 24.5. The van der Waals surface area contributed by atoms with E-state index in [1.807, 2.05) is 24.3 Å². The Hall–Kier alpha value is -3.45. The summed E-state index contributed by atoms with van der Waals surface area (Å²) in [7, 11) is 0.